The fourth-order valence-corrected chi connectivity index (χ4v) is 2.52. The van der Waals surface area contributed by atoms with Gasteiger partial charge in [-0.3, -0.25) is 0 Å². The maximum atomic E-state index is 13.3. The van der Waals surface area contributed by atoms with E-state index in [9.17, 15) is 12.8 Å². The lowest BCUT2D eigenvalue weighted by atomic mass is 10.2. The smallest absolute Gasteiger partial charge is 0.215 e. The van der Waals surface area contributed by atoms with Crippen LogP contribution in [-0.2, 0) is 20.5 Å². The second-order valence-corrected chi connectivity index (χ2v) is 5.40. The fraction of sp³-hybridized carbons (Fsp3) is 0.455. The molecule has 0 amide bonds. The first-order chi connectivity index (χ1) is 8.05. The molecular formula is C11H16FNO3S. The molecule has 0 aliphatic rings. The van der Waals surface area contributed by atoms with Gasteiger partial charge in [0.05, 0.1) is 5.75 Å². The largest absolute Gasteiger partial charge is 0.385 e. The van der Waals surface area contributed by atoms with Crippen molar-refractivity contribution in [2.75, 3.05) is 20.3 Å². The molecule has 0 radical (unpaired) electrons. The number of benzene rings is 1. The highest BCUT2D eigenvalue weighted by atomic mass is 32.2. The van der Waals surface area contributed by atoms with Crippen LogP contribution in [0.25, 0.3) is 0 Å². The Labute approximate surface area is 101 Å². The lowest BCUT2D eigenvalue weighted by molar-refractivity contribution is 0.196. The molecule has 17 heavy (non-hydrogen) atoms. The summed E-state index contributed by atoms with van der Waals surface area (Å²) < 4.78 is 43.6. The van der Waals surface area contributed by atoms with E-state index in [0.29, 0.717) is 19.6 Å². The molecule has 1 rings (SSSR count). The molecule has 0 atom stereocenters. The lowest BCUT2D eigenvalue weighted by Gasteiger charge is -2.07. The second-order valence-electron chi connectivity index (χ2n) is 3.59. The quantitative estimate of drug-likeness (QED) is 0.752. The Balaban J connectivity index is 2.52. The van der Waals surface area contributed by atoms with Crippen molar-refractivity contribution >= 4 is 10.0 Å². The summed E-state index contributed by atoms with van der Waals surface area (Å²) in [5.74, 6) is -0.845. The Bertz CT molecular complexity index is 448. The van der Waals surface area contributed by atoms with Crippen molar-refractivity contribution in [2.24, 2.45) is 0 Å². The Hall–Kier alpha value is -0.980. The third-order valence-electron chi connectivity index (χ3n) is 2.15. The molecule has 0 aliphatic heterocycles. The van der Waals surface area contributed by atoms with Gasteiger partial charge in [-0.1, -0.05) is 18.2 Å². The van der Waals surface area contributed by atoms with Gasteiger partial charge in [-0.05, 0) is 12.5 Å². The minimum Gasteiger partial charge on any atom is -0.385 e. The SMILES string of the molecule is COCCCNS(=O)(=O)Cc1ccccc1F. The number of ether oxygens (including phenoxy) is 1. The summed E-state index contributed by atoms with van der Waals surface area (Å²) in [4.78, 5) is 0. The third-order valence-corrected chi connectivity index (χ3v) is 3.49. The van der Waals surface area contributed by atoms with Crippen molar-refractivity contribution in [1.29, 1.82) is 0 Å². The monoisotopic (exact) mass is 261 g/mol. The van der Waals surface area contributed by atoms with Crippen LogP contribution in [0.2, 0.25) is 0 Å². The zero-order valence-electron chi connectivity index (χ0n) is 9.65. The van der Waals surface area contributed by atoms with Gasteiger partial charge < -0.3 is 4.74 Å². The Morgan fingerprint density at radius 3 is 2.71 bits per heavy atom. The molecule has 1 N–H and O–H groups in total. The lowest BCUT2D eigenvalue weighted by Crippen LogP contribution is -2.27. The van der Waals surface area contributed by atoms with Gasteiger partial charge in [-0.15, -0.1) is 0 Å². The van der Waals surface area contributed by atoms with Crippen LogP contribution >= 0.6 is 0 Å². The van der Waals surface area contributed by atoms with E-state index in [1.54, 1.807) is 13.2 Å². The van der Waals surface area contributed by atoms with E-state index < -0.39 is 15.8 Å². The molecule has 4 nitrogen and oxygen atoms in total. The van der Waals surface area contributed by atoms with E-state index in [1.165, 1.54) is 18.2 Å². The maximum absolute atomic E-state index is 13.3. The summed E-state index contributed by atoms with van der Waals surface area (Å²) in [5, 5.41) is 0. The maximum Gasteiger partial charge on any atom is 0.215 e. The van der Waals surface area contributed by atoms with Gasteiger partial charge in [0.25, 0.3) is 0 Å². The number of hydrogen-bond donors (Lipinski definition) is 1. The van der Waals surface area contributed by atoms with Gasteiger partial charge in [0.1, 0.15) is 5.82 Å². The zero-order chi connectivity index (χ0) is 12.7. The molecule has 0 heterocycles. The van der Waals surface area contributed by atoms with Crippen LogP contribution in [0.5, 0.6) is 0 Å². The Morgan fingerprint density at radius 2 is 2.06 bits per heavy atom. The van der Waals surface area contributed by atoms with Crippen LogP contribution in [0, 0.1) is 5.82 Å². The number of nitrogens with one attached hydrogen (secondary N) is 1. The predicted molar refractivity (Wildman–Crippen MR) is 63.5 cm³/mol. The minimum absolute atomic E-state index is 0.173. The summed E-state index contributed by atoms with van der Waals surface area (Å²) in [7, 11) is -1.93. The van der Waals surface area contributed by atoms with Crippen molar-refractivity contribution in [3.63, 3.8) is 0 Å². The molecule has 6 heteroatoms. The van der Waals surface area contributed by atoms with Crippen LogP contribution in [0.1, 0.15) is 12.0 Å². The van der Waals surface area contributed by atoms with Crippen LogP contribution < -0.4 is 4.72 Å². The van der Waals surface area contributed by atoms with E-state index in [-0.39, 0.29) is 11.3 Å². The summed E-state index contributed by atoms with van der Waals surface area (Å²) in [6.45, 7) is 0.785. The van der Waals surface area contributed by atoms with Gasteiger partial charge in [0, 0.05) is 25.8 Å². The van der Waals surface area contributed by atoms with Crippen LogP contribution in [0.3, 0.4) is 0 Å². The highest BCUT2D eigenvalue weighted by Crippen LogP contribution is 2.09. The van der Waals surface area contributed by atoms with E-state index >= 15 is 0 Å². The topological polar surface area (TPSA) is 55.4 Å². The highest BCUT2D eigenvalue weighted by molar-refractivity contribution is 7.88. The first-order valence-electron chi connectivity index (χ1n) is 5.25. The number of sulfonamides is 1. The van der Waals surface area contributed by atoms with Crippen LogP contribution in [0.4, 0.5) is 4.39 Å². The van der Waals surface area contributed by atoms with Crippen molar-refractivity contribution in [1.82, 2.24) is 4.72 Å². The molecule has 0 aliphatic carbocycles. The van der Waals surface area contributed by atoms with E-state index in [2.05, 4.69) is 4.72 Å². The van der Waals surface area contributed by atoms with Crippen molar-refractivity contribution < 1.29 is 17.5 Å². The molecule has 1 aromatic rings. The summed E-state index contributed by atoms with van der Waals surface area (Å²) in [6, 6.07) is 5.84. The second kappa shape index (κ2) is 6.68. The van der Waals surface area contributed by atoms with Gasteiger partial charge in [0.2, 0.25) is 10.0 Å². The molecule has 0 saturated heterocycles. The summed E-state index contributed by atoms with van der Waals surface area (Å²) >= 11 is 0. The average molecular weight is 261 g/mol. The van der Waals surface area contributed by atoms with Gasteiger partial charge in [-0.25, -0.2) is 17.5 Å². The number of methoxy groups -OCH3 is 1. The number of rotatable bonds is 7. The van der Waals surface area contributed by atoms with Gasteiger partial charge in [-0.2, -0.15) is 0 Å². The predicted octanol–water partition coefficient (Wildman–Crippen LogP) is 1.28. The Kier molecular flexibility index (Phi) is 5.54. The van der Waals surface area contributed by atoms with Crippen molar-refractivity contribution in [3.8, 4) is 0 Å². The van der Waals surface area contributed by atoms with Gasteiger partial charge in [0.15, 0.2) is 0 Å². The first kappa shape index (κ1) is 14.1. The molecule has 96 valence electrons. The third kappa shape index (κ3) is 5.25. The van der Waals surface area contributed by atoms with Crippen LogP contribution in [0.15, 0.2) is 24.3 Å². The van der Waals surface area contributed by atoms with Crippen molar-refractivity contribution in [2.45, 2.75) is 12.2 Å². The molecule has 0 unspecified atom stereocenters. The normalized spacial score (nSPS) is 11.6. The molecule has 0 spiro atoms. The molecule has 0 fully saturated rings. The average Bonchev–Trinajstić information content (AvgIpc) is 2.28. The number of hydrogen-bond acceptors (Lipinski definition) is 3. The van der Waals surface area contributed by atoms with Crippen molar-refractivity contribution in [3.05, 3.63) is 35.6 Å². The van der Waals surface area contributed by atoms with Crippen LogP contribution in [-0.4, -0.2) is 28.7 Å². The van der Waals surface area contributed by atoms with E-state index in [4.69, 9.17) is 4.74 Å². The first-order valence-corrected chi connectivity index (χ1v) is 6.90. The highest BCUT2D eigenvalue weighted by Gasteiger charge is 2.13. The molecular weight excluding hydrogens is 245 g/mol. The van der Waals surface area contributed by atoms with E-state index in [1.807, 2.05) is 0 Å². The molecule has 0 aromatic heterocycles. The fourth-order valence-electron chi connectivity index (χ4n) is 1.32. The summed E-state index contributed by atoms with van der Waals surface area (Å²) in [6.07, 6.45) is 0.590. The van der Waals surface area contributed by atoms with Gasteiger partial charge >= 0.3 is 0 Å². The molecule has 0 bridgehead atoms. The molecule has 1 aromatic carbocycles. The van der Waals surface area contributed by atoms with E-state index in [0.717, 1.165) is 0 Å². The minimum atomic E-state index is -3.48. The Morgan fingerprint density at radius 1 is 1.35 bits per heavy atom. The number of halogens is 1. The zero-order valence-corrected chi connectivity index (χ0v) is 10.5. The summed E-state index contributed by atoms with van der Waals surface area (Å²) in [5.41, 5.74) is 0.173. The standard InChI is InChI=1S/C11H16FNO3S/c1-16-8-4-7-13-17(14,15)9-10-5-2-3-6-11(10)12/h2-3,5-6,13H,4,7-9H2,1H3. The molecule has 0 saturated carbocycles.